The molecule has 22 heavy (non-hydrogen) atoms. The Balaban J connectivity index is 4.32. The van der Waals surface area contributed by atoms with E-state index in [-0.39, 0.29) is 11.8 Å². The first-order valence-corrected chi connectivity index (χ1v) is 7.01. The van der Waals surface area contributed by atoms with Gasteiger partial charge < -0.3 is 15.1 Å². The largest absolute Gasteiger partial charge is 0.394 e. The normalized spacial score (nSPS) is 12.0. The van der Waals surface area contributed by atoms with Gasteiger partial charge in [-0.05, 0) is 18.4 Å². The Morgan fingerprint density at radius 3 is 2.00 bits per heavy atom. The SMILES string of the molecule is CNC=CC=CC=CC(=O)N(C)C=CC=CC(=O)N(C)C=S. The zero-order chi connectivity index (χ0) is 16.8. The van der Waals surface area contributed by atoms with Crippen LogP contribution in [0.5, 0.6) is 0 Å². The van der Waals surface area contributed by atoms with Gasteiger partial charge >= 0.3 is 0 Å². The van der Waals surface area contributed by atoms with E-state index in [1.54, 1.807) is 63.9 Å². The first-order valence-electron chi connectivity index (χ1n) is 6.53. The third kappa shape index (κ3) is 9.44. The summed E-state index contributed by atoms with van der Waals surface area (Å²) in [6.45, 7) is 0. The molecule has 0 spiro atoms. The predicted molar refractivity (Wildman–Crippen MR) is 94.0 cm³/mol. The quantitative estimate of drug-likeness (QED) is 0.421. The summed E-state index contributed by atoms with van der Waals surface area (Å²) in [5, 5.41) is 2.85. The molecule has 0 saturated heterocycles. The number of thiocarbonyl (C=S) groups is 1. The van der Waals surface area contributed by atoms with E-state index in [1.807, 2.05) is 6.08 Å². The molecule has 0 aliphatic carbocycles. The molecular weight excluding hydrogens is 298 g/mol. The molecule has 0 bridgehead atoms. The molecular formula is C16H21N3O2S. The van der Waals surface area contributed by atoms with E-state index in [0.29, 0.717) is 0 Å². The summed E-state index contributed by atoms with van der Waals surface area (Å²) >= 11 is 4.63. The van der Waals surface area contributed by atoms with Gasteiger partial charge in [0.05, 0.1) is 5.49 Å². The van der Waals surface area contributed by atoms with Crippen LogP contribution in [0.15, 0.2) is 61.0 Å². The molecule has 6 heteroatoms. The Hall–Kier alpha value is -2.47. The number of hydrogen-bond acceptors (Lipinski definition) is 4. The Bertz CT molecular complexity index is 519. The molecule has 0 rings (SSSR count). The lowest BCUT2D eigenvalue weighted by atomic mass is 10.4. The van der Waals surface area contributed by atoms with Gasteiger partial charge in [0.1, 0.15) is 0 Å². The van der Waals surface area contributed by atoms with Crippen molar-refractivity contribution in [3.05, 3.63) is 61.0 Å². The van der Waals surface area contributed by atoms with E-state index in [4.69, 9.17) is 0 Å². The van der Waals surface area contributed by atoms with E-state index in [9.17, 15) is 9.59 Å². The number of carbonyl (C=O) groups excluding carboxylic acids is 2. The molecule has 0 aliphatic rings. The van der Waals surface area contributed by atoms with Crippen LogP contribution in [0.3, 0.4) is 0 Å². The Morgan fingerprint density at radius 2 is 1.41 bits per heavy atom. The Kier molecular flexibility index (Phi) is 10.9. The number of allylic oxidation sites excluding steroid dienone is 6. The van der Waals surface area contributed by atoms with Crippen molar-refractivity contribution in [1.29, 1.82) is 0 Å². The van der Waals surface area contributed by atoms with Crippen LogP contribution in [0.1, 0.15) is 0 Å². The summed E-state index contributed by atoms with van der Waals surface area (Å²) in [4.78, 5) is 25.8. The van der Waals surface area contributed by atoms with Gasteiger partial charge in [-0.2, -0.15) is 0 Å². The smallest absolute Gasteiger partial charge is 0.250 e. The van der Waals surface area contributed by atoms with Crippen molar-refractivity contribution in [2.24, 2.45) is 0 Å². The topological polar surface area (TPSA) is 52.7 Å². The van der Waals surface area contributed by atoms with Crippen LogP contribution >= 0.6 is 12.2 Å². The van der Waals surface area contributed by atoms with E-state index in [1.165, 1.54) is 27.4 Å². The average Bonchev–Trinajstić information content (AvgIpc) is 2.53. The fourth-order valence-electron chi connectivity index (χ4n) is 1.10. The third-order valence-electron chi connectivity index (χ3n) is 2.35. The number of likely N-dealkylation sites (N-methyl/N-ethyl adjacent to an activating group) is 2. The van der Waals surface area contributed by atoms with Gasteiger partial charge in [0.25, 0.3) is 5.91 Å². The highest BCUT2D eigenvalue weighted by Gasteiger charge is 1.99. The molecule has 0 aromatic heterocycles. The van der Waals surface area contributed by atoms with Crippen LogP contribution in [-0.4, -0.2) is 48.2 Å². The van der Waals surface area contributed by atoms with Gasteiger partial charge in [0, 0.05) is 39.5 Å². The standard InChI is InChI=1S/C16H21N3O2S/c1-17-12-8-5-4-6-10-15(20)18(2)13-9-7-11-16(21)19(3)14-22/h4-14,17H,1-3H3. The molecule has 5 nitrogen and oxygen atoms in total. The molecule has 1 N–H and O–H groups in total. The Labute approximate surface area is 137 Å². The molecule has 0 unspecified atom stereocenters. The summed E-state index contributed by atoms with van der Waals surface area (Å²) in [6, 6.07) is 0. The second kappa shape index (κ2) is 12.3. The molecule has 0 aliphatic heterocycles. The lowest BCUT2D eigenvalue weighted by Crippen LogP contribution is -2.21. The summed E-state index contributed by atoms with van der Waals surface area (Å²) in [5.41, 5.74) is 1.26. The van der Waals surface area contributed by atoms with Crippen molar-refractivity contribution in [2.45, 2.75) is 0 Å². The van der Waals surface area contributed by atoms with E-state index in [2.05, 4.69) is 17.5 Å². The van der Waals surface area contributed by atoms with Gasteiger partial charge in [-0.1, -0.05) is 36.5 Å². The van der Waals surface area contributed by atoms with E-state index >= 15 is 0 Å². The number of nitrogens with zero attached hydrogens (tertiary/aromatic N) is 2. The number of rotatable bonds is 8. The van der Waals surface area contributed by atoms with Crippen LogP contribution in [0.4, 0.5) is 0 Å². The van der Waals surface area contributed by atoms with Crippen molar-refractivity contribution >= 4 is 29.5 Å². The van der Waals surface area contributed by atoms with Gasteiger partial charge in [0.15, 0.2) is 0 Å². The van der Waals surface area contributed by atoms with Crippen LogP contribution in [0.2, 0.25) is 0 Å². The lowest BCUT2D eigenvalue weighted by molar-refractivity contribution is -0.122. The lowest BCUT2D eigenvalue weighted by Gasteiger charge is -2.07. The number of carbonyl (C=O) groups is 2. The first kappa shape index (κ1) is 19.5. The fraction of sp³-hybridized carbons (Fsp3) is 0.188. The maximum absolute atomic E-state index is 11.7. The monoisotopic (exact) mass is 319 g/mol. The summed E-state index contributed by atoms with van der Waals surface area (Å²) in [6.07, 6.45) is 16.3. The summed E-state index contributed by atoms with van der Waals surface area (Å²) < 4.78 is 0. The van der Waals surface area contributed by atoms with Gasteiger partial charge in [-0.15, -0.1) is 0 Å². The minimum atomic E-state index is -0.228. The van der Waals surface area contributed by atoms with Crippen LogP contribution in [-0.2, 0) is 9.59 Å². The molecule has 0 saturated carbocycles. The third-order valence-corrected chi connectivity index (χ3v) is 2.66. The molecule has 0 radical (unpaired) electrons. The highest BCUT2D eigenvalue weighted by molar-refractivity contribution is 7.78. The molecule has 2 amide bonds. The van der Waals surface area contributed by atoms with Crippen molar-refractivity contribution in [3.8, 4) is 0 Å². The molecule has 118 valence electrons. The van der Waals surface area contributed by atoms with Gasteiger partial charge in [0.2, 0.25) is 5.91 Å². The predicted octanol–water partition coefficient (Wildman–Crippen LogP) is 1.78. The first-order chi connectivity index (χ1) is 10.5. The average molecular weight is 319 g/mol. The van der Waals surface area contributed by atoms with Gasteiger partial charge in [-0.3, -0.25) is 9.59 Å². The summed E-state index contributed by atoms with van der Waals surface area (Å²) in [7, 11) is 5.01. The second-order valence-electron chi connectivity index (χ2n) is 4.10. The minimum Gasteiger partial charge on any atom is -0.394 e. The molecule has 0 heterocycles. The van der Waals surface area contributed by atoms with Crippen molar-refractivity contribution in [3.63, 3.8) is 0 Å². The van der Waals surface area contributed by atoms with Crippen LogP contribution < -0.4 is 5.32 Å². The maximum atomic E-state index is 11.7. The van der Waals surface area contributed by atoms with Crippen molar-refractivity contribution < 1.29 is 9.59 Å². The molecule has 0 aromatic carbocycles. The number of nitrogens with one attached hydrogen (secondary N) is 1. The van der Waals surface area contributed by atoms with Crippen molar-refractivity contribution in [2.75, 3.05) is 21.1 Å². The van der Waals surface area contributed by atoms with Gasteiger partial charge in [-0.25, -0.2) is 0 Å². The number of hydrogen-bond donors (Lipinski definition) is 1. The summed E-state index contributed by atoms with van der Waals surface area (Å²) in [5.74, 6) is -0.400. The van der Waals surface area contributed by atoms with Crippen LogP contribution in [0.25, 0.3) is 0 Å². The zero-order valence-electron chi connectivity index (χ0n) is 13.0. The second-order valence-corrected chi connectivity index (χ2v) is 4.31. The Morgan fingerprint density at radius 1 is 0.864 bits per heavy atom. The fourth-order valence-corrected chi connectivity index (χ4v) is 1.20. The number of amides is 2. The molecule has 0 fully saturated rings. The zero-order valence-corrected chi connectivity index (χ0v) is 13.8. The van der Waals surface area contributed by atoms with Crippen molar-refractivity contribution in [1.82, 2.24) is 15.1 Å². The van der Waals surface area contributed by atoms with E-state index < -0.39 is 0 Å². The highest BCUT2D eigenvalue weighted by atomic mass is 32.1. The maximum Gasteiger partial charge on any atom is 0.250 e. The molecule has 0 atom stereocenters. The minimum absolute atomic E-state index is 0.172. The van der Waals surface area contributed by atoms with E-state index in [0.717, 1.165) is 0 Å². The van der Waals surface area contributed by atoms with Crippen LogP contribution in [0, 0.1) is 0 Å². The molecule has 0 aromatic rings. The highest BCUT2D eigenvalue weighted by Crippen LogP contribution is 1.91.